The number of imide groups is 1. The minimum atomic E-state index is -3.96. The summed E-state index contributed by atoms with van der Waals surface area (Å²) >= 11 is 0. The van der Waals surface area contributed by atoms with Gasteiger partial charge in [-0.3, -0.25) is 19.2 Å². The number of aryl methyl sites for hydroxylation is 1. The van der Waals surface area contributed by atoms with E-state index in [0.717, 1.165) is 25.7 Å². The monoisotopic (exact) mass is 472 g/mol. The van der Waals surface area contributed by atoms with Crippen LogP contribution >= 0.6 is 0 Å². The van der Waals surface area contributed by atoms with Crippen LogP contribution in [0.3, 0.4) is 0 Å². The summed E-state index contributed by atoms with van der Waals surface area (Å²) in [5.41, 5.74) is 1.41. The lowest BCUT2D eigenvalue weighted by Gasteiger charge is -2.19. The van der Waals surface area contributed by atoms with Gasteiger partial charge in [0.25, 0.3) is 10.0 Å². The maximum absolute atomic E-state index is 13.2. The first-order chi connectivity index (χ1) is 15.7. The van der Waals surface area contributed by atoms with Gasteiger partial charge in [0.2, 0.25) is 11.8 Å². The smallest absolute Gasteiger partial charge is 0.262 e. The highest BCUT2D eigenvalue weighted by atomic mass is 32.2. The molecular formula is C24H28N2O6S. The molecule has 2 aromatic rings. The molecule has 1 N–H and O–H groups in total. The lowest BCUT2D eigenvalue weighted by Crippen LogP contribution is -2.30. The first kappa shape index (κ1) is 23.1. The molecule has 1 saturated carbocycles. The number of likely N-dealkylation sites (tertiary alicyclic amines) is 1. The zero-order valence-corrected chi connectivity index (χ0v) is 19.8. The van der Waals surface area contributed by atoms with Crippen LogP contribution in [0.5, 0.6) is 11.5 Å². The number of ether oxygens (including phenoxy) is 2. The average molecular weight is 473 g/mol. The predicted octanol–water partition coefficient (Wildman–Crippen LogP) is 3.49. The second-order valence-corrected chi connectivity index (χ2v) is 10.2. The fourth-order valence-corrected chi connectivity index (χ4v) is 6.05. The Bertz CT molecular complexity index is 1170. The summed E-state index contributed by atoms with van der Waals surface area (Å²) in [6.45, 7) is 1.77. The van der Waals surface area contributed by atoms with Crippen molar-refractivity contribution in [3.63, 3.8) is 0 Å². The molecule has 0 bridgehead atoms. The first-order valence-electron chi connectivity index (χ1n) is 10.9. The van der Waals surface area contributed by atoms with Crippen LogP contribution in [-0.2, 0) is 26.2 Å². The van der Waals surface area contributed by atoms with Crippen molar-refractivity contribution < 1.29 is 27.5 Å². The SMILES string of the molecule is COc1ccc(NS(=O)(=O)c2cc(CN3C(=O)[C@H]4CCCC[C@@H]4C3=O)ccc2C)c(OC)c1. The van der Waals surface area contributed by atoms with Crippen molar-refractivity contribution in [3.8, 4) is 11.5 Å². The van der Waals surface area contributed by atoms with Crippen molar-refractivity contribution in [1.29, 1.82) is 0 Å². The van der Waals surface area contributed by atoms with Gasteiger partial charge in [0.15, 0.2) is 0 Å². The number of rotatable bonds is 7. The van der Waals surface area contributed by atoms with E-state index in [1.165, 1.54) is 25.2 Å². The Kier molecular flexibility index (Phi) is 6.34. The van der Waals surface area contributed by atoms with Crippen LogP contribution in [0.2, 0.25) is 0 Å². The second-order valence-electron chi connectivity index (χ2n) is 8.53. The maximum atomic E-state index is 13.2. The quantitative estimate of drug-likeness (QED) is 0.619. The Balaban J connectivity index is 1.59. The Labute approximate surface area is 193 Å². The molecule has 176 valence electrons. The number of hydrogen-bond acceptors (Lipinski definition) is 6. The van der Waals surface area contributed by atoms with Gasteiger partial charge in [-0.25, -0.2) is 8.42 Å². The van der Waals surface area contributed by atoms with E-state index in [0.29, 0.717) is 22.6 Å². The number of fused-ring (bicyclic) bond motifs is 1. The molecule has 1 saturated heterocycles. The van der Waals surface area contributed by atoms with Gasteiger partial charge < -0.3 is 9.47 Å². The molecule has 33 heavy (non-hydrogen) atoms. The van der Waals surface area contributed by atoms with Gasteiger partial charge in [0.1, 0.15) is 11.5 Å². The fraction of sp³-hybridized carbons (Fsp3) is 0.417. The maximum Gasteiger partial charge on any atom is 0.262 e. The number of benzene rings is 2. The molecule has 2 fully saturated rings. The Hall–Kier alpha value is -3.07. The molecule has 2 aromatic carbocycles. The molecule has 1 aliphatic carbocycles. The van der Waals surface area contributed by atoms with E-state index < -0.39 is 10.0 Å². The largest absolute Gasteiger partial charge is 0.497 e. The van der Waals surface area contributed by atoms with Gasteiger partial charge in [-0.2, -0.15) is 0 Å². The molecule has 9 heteroatoms. The molecule has 0 spiro atoms. The average Bonchev–Trinajstić information content (AvgIpc) is 3.05. The number of hydrogen-bond donors (Lipinski definition) is 1. The molecule has 2 atom stereocenters. The highest BCUT2D eigenvalue weighted by molar-refractivity contribution is 7.92. The van der Waals surface area contributed by atoms with Crippen LogP contribution in [0.4, 0.5) is 5.69 Å². The van der Waals surface area contributed by atoms with E-state index in [4.69, 9.17) is 9.47 Å². The van der Waals surface area contributed by atoms with Crippen LogP contribution in [0.1, 0.15) is 36.8 Å². The summed E-state index contributed by atoms with van der Waals surface area (Å²) in [5, 5.41) is 0. The van der Waals surface area contributed by atoms with Gasteiger partial charge in [-0.1, -0.05) is 25.0 Å². The molecule has 0 aromatic heterocycles. The highest BCUT2D eigenvalue weighted by Gasteiger charge is 2.47. The number of carbonyl (C=O) groups excluding carboxylic acids is 2. The summed E-state index contributed by atoms with van der Waals surface area (Å²) in [6, 6.07) is 9.75. The van der Waals surface area contributed by atoms with Crippen molar-refractivity contribution in [2.75, 3.05) is 18.9 Å². The van der Waals surface area contributed by atoms with Crippen LogP contribution in [0.25, 0.3) is 0 Å². The third kappa shape index (κ3) is 4.42. The summed E-state index contributed by atoms with van der Waals surface area (Å²) in [7, 11) is -1.00. The molecule has 2 aliphatic rings. The van der Waals surface area contributed by atoms with Crippen molar-refractivity contribution in [1.82, 2.24) is 4.90 Å². The summed E-state index contributed by atoms with van der Waals surface area (Å²) in [5.74, 6) is 0.107. The molecule has 1 aliphatic heterocycles. The number of carbonyl (C=O) groups is 2. The lowest BCUT2D eigenvalue weighted by atomic mass is 9.81. The zero-order valence-electron chi connectivity index (χ0n) is 19.0. The van der Waals surface area contributed by atoms with Gasteiger partial charge in [0, 0.05) is 6.07 Å². The number of sulfonamides is 1. The van der Waals surface area contributed by atoms with Crippen LogP contribution in [0.15, 0.2) is 41.3 Å². The number of anilines is 1. The number of nitrogens with one attached hydrogen (secondary N) is 1. The summed E-state index contributed by atoms with van der Waals surface area (Å²) < 4.78 is 39.5. The van der Waals surface area contributed by atoms with E-state index in [-0.39, 0.29) is 40.8 Å². The Morgan fingerprint density at radius 2 is 1.64 bits per heavy atom. The van der Waals surface area contributed by atoms with Crippen molar-refractivity contribution in [3.05, 3.63) is 47.5 Å². The minimum absolute atomic E-state index is 0.0688. The van der Waals surface area contributed by atoms with Gasteiger partial charge in [0.05, 0.1) is 43.2 Å². The summed E-state index contributed by atoms with van der Waals surface area (Å²) in [4.78, 5) is 27.0. The molecule has 2 amide bonds. The molecule has 1 heterocycles. The van der Waals surface area contributed by atoms with Crippen LogP contribution in [-0.4, -0.2) is 39.4 Å². The molecule has 0 radical (unpaired) electrons. The predicted molar refractivity (Wildman–Crippen MR) is 123 cm³/mol. The van der Waals surface area contributed by atoms with Crippen LogP contribution < -0.4 is 14.2 Å². The second kappa shape index (κ2) is 9.05. The van der Waals surface area contributed by atoms with E-state index >= 15 is 0 Å². The van der Waals surface area contributed by atoms with Gasteiger partial charge in [-0.05, 0) is 49.1 Å². The Morgan fingerprint density at radius 1 is 0.970 bits per heavy atom. The molecule has 4 rings (SSSR count). The standard InChI is InChI=1S/C24H28N2O6S/c1-15-8-9-16(14-26-23(27)18-6-4-5-7-19(18)24(26)28)12-22(15)33(29,30)25-20-11-10-17(31-2)13-21(20)32-3/h8-13,18-19,25H,4-7,14H2,1-3H3/t18-,19-/m0/s1. The normalized spacial score (nSPS) is 20.5. The fourth-order valence-electron chi connectivity index (χ4n) is 4.68. The number of nitrogens with zero attached hydrogens (tertiary/aromatic N) is 1. The van der Waals surface area contributed by atoms with Crippen molar-refractivity contribution >= 4 is 27.5 Å². The first-order valence-corrected chi connectivity index (χ1v) is 12.4. The number of amides is 2. The summed E-state index contributed by atoms with van der Waals surface area (Å²) in [6.07, 6.45) is 3.41. The van der Waals surface area contributed by atoms with Crippen molar-refractivity contribution in [2.24, 2.45) is 11.8 Å². The van der Waals surface area contributed by atoms with E-state index in [1.807, 2.05) is 0 Å². The lowest BCUT2D eigenvalue weighted by molar-refractivity contribution is -0.140. The minimum Gasteiger partial charge on any atom is -0.497 e. The molecular weight excluding hydrogens is 444 g/mol. The third-order valence-corrected chi connectivity index (χ3v) is 7.98. The highest BCUT2D eigenvalue weighted by Crippen LogP contribution is 2.39. The third-order valence-electron chi connectivity index (χ3n) is 6.47. The van der Waals surface area contributed by atoms with Crippen LogP contribution in [0, 0.1) is 18.8 Å². The Morgan fingerprint density at radius 3 is 2.24 bits per heavy atom. The number of methoxy groups -OCH3 is 2. The van der Waals surface area contributed by atoms with Gasteiger partial charge in [-0.15, -0.1) is 0 Å². The molecule has 0 unspecified atom stereocenters. The van der Waals surface area contributed by atoms with Crippen molar-refractivity contribution in [2.45, 2.75) is 44.0 Å². The van der Waals surface area contributed by atoms with Gasteiger partial charge >= 0.3 is 0 Å². The van der Waals surface area contributed by atoms with E-state index in [2.05, 4.69) is 4.72 Å². The zero-order chi connectivity index (χ0) is 23.8. The topological polar surface area (TPSA) is 102 Å². The molecule has 8 nitrogen and oxygen atoms in total. The van der Waals surface area contributed by atoms with E-state index in [9.17, 15) is 18.0 Å². The van der Waals surface area contributed by atoms with E-state index in [1.54, 1.807) is 37.3 Å².